The maximum Gasteiger partial charge on any atom is 0.208 e. The van der Waals surface area contributed by atoms with Gasteiger partial charge in [-0.2, -0.15) is 5.10 Å². The van der Waals surface area contributed by atoms with Crippen LogP contribution in [0.3, 0.4) is 0 Å². The summed E-state index contributed by atoms with van der Waals surface area (Å²) < 4.78 is 11.5. The molecule has 0 radical (unpaired) electrons. The van der Waals surface area contributed by atoms with Gasteiger partial charge in [0.05, 0.1) is 32.2 Å². The number of morpholine rings is 1. The van der Waals surface area contributed by atoms with Crippen LogP contribution in [0.5, 0.6) is 0 Å². The average molecular weight is 388 g/mol. The second-order valence-corrected chi connectivity index (χ2v) is 9.14. The maximum absolute atomic E-state index is 6.01. The fourth-order valence-electron chi connectivity index (χ4n) is 4.16. The lowest BCUT2D eigenvalue weighted by molar-refractivity contribution is 0.0339. The van der Waals surface area contributed by atoms with E-state index >= 15 is 0 Å². The topological polar surface area (TPSA) is 70.4 Å². The molecule has 4 rings (SSSR count). The second-order valence-electron chi connectivity index (χ2n) is 9.14. The fourth-order valence-corrected chi connectivity index (χ4v) is 4.16. The Balaban J connectivity index is 1.39. The summed E-state index contributed by atoms with van der Waals surface area (Å²) in [5, 5.41) is 7.67. The molecule has 0 unspecified atom stereocenters. The summed E-state index contributed by atoms with van der Waals surface area (Å²) in [6.07, 6.45) is 6.28. The third-order valence-corrected chi connectivity index (χ3v) is 5.81. The summed E-state index contributed by atoms with van der Waals surface area (Å²) in [6, 6.07) is 0. The molecule has 2 saturated heterocycles. The maximum atomic E-state index is 6.01. The van der Waals surface area contributed by atoms with Gasteiger partial charge in [-0.05, 0) is 19.4 Å². The van der Waals surface area contributed by atoms with E-state index in [0.717, 1.165) is 64.1 Å². The van der Waals surface area contributed by atoms with Crippen molar-refractivity contribution in [3.8, 4) is 0 Å². The van der Waals surface area contributed by atoms with Crippen LogP contribution in [-0.4, -0.2) is 64.4 Å². The summed E-state index contributed by atoms with van der Waals surface area (Å²) in [5.41, 5.74) is 2.64. The Morgan fingerprint density at radius 1 is 1.11 bits per heavy atom. The predicted molar refractivity (Wildman–Crippen MR) is 107 cm³/mol. The highest BCUT2D eigenvalue weighted by Gasteiger charge is 2.27. The van der Waals surface area contributed by atoms with E-state index in [-0.39, 0.29) is 5.41 Å². The Hall–Kier alpha value is -1.70. The number of aromatic amines is 1. The monoisotopic (exact) mass is 387 g/mol. The molecule has 2 aliphatic rings. The molecular formula is C21H33N5O2. The molecule has 2 aromatic rings. The molecule has 2 fully saturated rings. The van der Waals surface area contributed by atoms with Crippen molar-refractivity contribution < 1.29 is 9.15 Å². The number of hydrogen-bond acceptors (Lipinski definition) is 6. The van der Waals surface area contributed by atoms with Crippen LogP contribution in [0.4, 0.5) is 0 Å². The number of H-pyrrole nitrogens is 1. The minimum absolute atomic E-state index is 0.00000474. The van der Waals surface area contributed by atoms with Gasteiger partial charge in [-0.1, -0.05) is 20.8 Å². The molecule has 2 aliphatic heterocycles. The van der Waals surface area contributed by atoms with Crippen molar-refractivity contribution in [2.75, 3.05) is 39.4 Å². The minimum atomic E-state index is -0.00000474. The van der Waals surface area contributed by atoms with E-state index in [9.17, 15) is 0 Å². The summed E-state index contributed by atoms with van der Waals surface area (Å²) in [7, 11) is 0. The molecule has 0 aliphatic carbocycles. The number of oxazole rings is 1. The lowest BCUT2D eigenvalue weighted by Crippen LogP contribution is -2.37. The van der Waals surface area contributed by atoms with Crippen LogP contribution in [0.15, 0.2) is 16.8 Å². The lowest BCUT2D eigenvalue weighted by Gasteiger charge is -2.32. The molecule has 0 spiro atoms. The Labute approximate surface area is 167 Å². The van der Waals surface area contributed by atoms with Crippen LogP contribution >= 0.6 is 0 Å². The first kappa shape index (κ1) is 19.6. The van der Waals surface area contributed by atoms with Crippen molar-refractivity contribution in [2.45, 2.75) is 58.0 Å². The number of hydrogen-bond donors (Lipinski definition) is 1. The minimum Gasteiger partial charge on any atom is -0.444 e. The number of ether oxygens (including phenoxy) is 1. The zero-order valence-corrected chi connectivity index (χ0v) is 17.4. The van der Waals surface area contributed by atoms with Gasteiger partial charge in [0.15, 0.2) is 0 Å². The number of aromatic nitrogens is 3. The molecule has 28 heavy (non-hydrogen) atoms. The molecule has 0 aromatic carbocycles. The molecule has 2 aromatic heterocycles. The van der Waals surface area contributed by atoms with Gasteiger partial charge < -0.3 is 9.15 Å². The van der Waals surface area contributed by atoms with Crippen molar-refractivity contribution in [1.82, 2.24) is 25.0 Å². The summed E-state index contributed by atoms with van der Waals surface area (Å²) in [4.78, 5) is 9.43. The van der Waals surface area contributed by atoms with E-state index in [1.165, 1.54) is 24.1 Å². The molecular weight excluding hydrogens is 354 g/mol. The SMILES string of the molecule is CC(C)(C)c1cnc(CN2CCC[C@H](c3[nH]ncc3CN3CCOCC3)C2)o1. The normalized spacial score (nSPS) is 22.6. The Kier molecular flexibility index (Phi) is 5.85. The Morgan fingerprint density at radius 3 is 2.68 bits per heavy atom. The van der Waals surface area contributed by atoms with Gasteiger partial charge in [0.2, 0.25) is 5.89 Å². The molecule has 154 valence electrons. The third-order valence-electron chi connectivity index (χ3n) is 5.81. The van der Waals surface area contributed by atoms with Crippen molar-refractivity contribution in [1.29, 1.82) is 0 Å². The van der Waals surface area contributed by atoms with Crippen molar-refractivity contribution in [3.05, 3.63) is 35.3 Å². The Bertz CT molecular complexity index is 757. The molecule has 1 atom stereocenters. The van der Waals surface area contributed by atoms with Crippen molar-refractivity contribution in [3.63, 3.8) is 0 Å². The standard InChI is InChI=1S/C21H33N5O2/c1-21(2,3)18-12-22-19(28-18)15-26-6-4-5-16(13-26)20-17(11-23-24-20)14-25-7-9-27-10-8-25/h11-12,16H,4-10,13-15H2,1-3H3,(H,23,24)/t16-/m0/s1. The number of piperidine rings is 1. The first-order valence-electron chi connectivity index (χ1n) is 10.5. The number of nitrogens with zero attached hydrogens (tertiary/aromatic N) is 4. The number of nitrogens with one attached hydrogen (secondary N) is 1. The molecule has 7 nitrogen and oxygen atoms in total. The van der Waals surface area contributed by atoms with Crippen molar-refractivity contribution >= 4 is 0 Å². The zero-order chi connectivity index (χ0) is 19.6. The highest BCUT2D eigenvalue weighted by Crippen LogP contribution is 2.30. The van der Waals surface area contributed by atoms with Crippen LogP contribution in [0, 0.1) is 0 Å². The lowest BCUT2D eigenvalue weighted by atomic mass is 9.92. The molecule has 0 bridgehead atoms. The first-order valence-corrected chi connectivity index (χ1v) is 10.5. The predicted octanol–water partition coefficient (Wildman–Crippen LogP) is 2.91. The Morgan fingerprint density at radius 2 is 1.93 bits per heavy atom. The van der Waals surface area contributed by atoms with Crippen LogP contribution in [0.1, 0.15) is 62.4 Å². The number of likely N-dealkylation sites (tertiary alicyclic amines) is 1. The summed E-state index contributed by atoms with van der Waals surface area (Å²) in [5.74, 6) is 2.27. The van der Waals surface area contributed by atoms with Gasteiger partial charge in [-0.3, -0.25) is 14.9 Å². The smallest absolute Gasteiger partial charge is 0.208 e. The quantitative estimate of drug-likeness (QED) is 0.851. The van der Waals surface area contributed by atoms with E-state index in [2.05, 4.69) is 45.8 Å². The van der Waals surface area contributed by atoms with Gasteiger partial charge in [-0.15, -0.1) is 0 Å². The van der Waals surface area contributed by atoms with Crippen LogP contribution < -0.4 is 0 Å². The third kappa shape index (κ3) is 4.64. The first-order chi connectivity index (χ1) is 13.5. The van der Waals surface area contributed by atoms with E-state index in [1.807, 2.05) is 12.4 Å². The van der Waals surface area contributed by atoms with E-state index in [4.69, 9.17) is 9.15 Å². The van der Waals surface area contributed by atoms with E-state index in [0.29, 0.717) is 5.92 Å². The highest BCUT2D eigenvalue weighted by molar-refractivity contribution is 5.21. The van der Waals surface area contributed by atoms with Gasteiger partial charge in [0, 0.05) is 48.8 Å². The molecule has 0 saturated carbocycles. The average Bonchev–Trinajstić information content (AvgIpc) is 3.32. The number of rotatable bonds is 5. The molecule has 4 heterocycles. The van der Waals surface area contributed by atoms with Gasteiger partial charge in [-0.25, -0.2) is 4.98 Å². The largest absolute Gasteiger partial charge is 0.444 e. The van der Waals surface area contributed by atoms with Crippen LogP contribution in [0.25, 0.3) is 0 Å². The molecule has 0 amide bonds. The van der Waals surface area contributed by atoms with Gasteiger partial charge in [0.25, 0.3) is 0 Å². The zero-order valence-electron chi connectivity index (χ0n) is 17.4. The van der Waals surface area contributed by atoms with Gasteiger partial charge in [0.1, 0.15) is 5.76 Å². The van der Waals surface area contributed by atoms with Gasteiger partial charge >= 0.3 is 0 Å². The second kappa shape index (κ2) is 8.35. The molecule has 7 heteroatoms. The highest BCUT2D eigenvalue weighted by atomic mass is 16.5. The van der Waals surface area contributed by atoms with Crippen molar-refractivity contribution in [2.24, 2.45) is 0 Å². The van der Waals surface area contributed by atoms with Crippen LogP contribution in [0.2, 0.25) is 0 Å². The van der Waals surface area contributed by atoms with Crippen LogP contribution in [-0.2, 0) is 23.2 Å². The molecule has 1 N–H and O–H groups in total. The van der Waals surface area contributed by atoms with E-state index < -0.39 is 0 Å². The van der Waals surface area contributed by atoms with E-state index in [1.54, 1.807) is 0 Å². The summed E-state index contributed by atoms with van der Waals surface area (Å²) in [6.45, 7) is 14.0. The summed E-state index contributed by atoms with van der Waals surface area (Å²) >= 11 is 0. The fraction of sp³-hybridized carbons (Fsp3) is 0.714.